The molecule has 1 N–H and O–H groups in total. The molecular formula is C16H16F3N3O3. The van der Waals surface area contributed by atoms with Gasteiger partial charge in [0, 0.05) is 11.9 Å². The number of hydrogen-bond donors (Lipinski definition) is 1. The van der Waals surface area contributed by atoms with Crippen LogP contribution in [0.1, 0.15) is 23.3 Å². The maximum absolute atomic E-state index is 12.5. The first kappa shape index (κ1) is 16.2. The lowest BCUT2D eigenvalue weighted by molar-refractivity contribution is -0.274. The largest absolute Gasteiger partial charge is 0.573 e. The zero-order chi connectivity index (χ0) is 17.6. The summed E-state index contributed by atoms with van der Waals surface area (Å²) in [6.45, 7) is 2.73. The lowest BCUT2D eigenvalue weighted by atomic mass is 9.86. The maximum atomic E-state index is 12.5. The molecule has 3 fully saturated rings. The van der Waals surface area contributed by atoms with Gasteiger partial charge in [0.15, 0.2) is 11.4 Å². The summed E-state index contributed by atoms with van der Waals surface area (Å²) in [5.41, 5.74) is -0.0141. The number of aromatic nitrogens is 2. The van der Waals surface area contributed by atoms with Gasteiger partial charge in [0.05, 0.1) is 0 Å². The number of para-hydroxylation sites is 1. The van der Waals surface area contributed by atoms with E-state index in [0.29, 0.717) is 12.5 Å². The number of hydrogen-bond acceptors (Lipinski definition) is 5. The van der Waals surface area contributed by atoms with Crippen molar-refractivity contribution in [1.29, 1.82) is 0 Å². The molecule has 3 aliphatic heterocycles. The van der Waals surface area contributed by atoms with Crippen LogP contribution in [-0.4, -0.2) is 53.2 Å². The molecule has 0 spiro atoms. The average molecular weight is 355 g/mol. The summed E-state index contributed by atoms with van der Waals surface area (Å²) in [6.07, 6.45) is -3.04. The van der Waals surface area contributed by atoms with E-state index >= 15 is 0 Å². The lowest BCUT2D eigenvalue weighted by Gasteiger charge is -2.43. The third-order valence-corrected chi connectivity index (χ3v) is 4.83. The van der Waals surface area contributed by atoms with E-state index in [1.807, 2.05) is 0 Å². The van der Waals surface area contributed by atoms with Crippen LogP contribution < -0.4 is 4.74 Å². The summed E-state index contributed by atoms with van der Waals surface area (Å²) >= 11 is 0. The van der Waals surface area contributed by atoms with E-state index in [1.54, 1.807) is 0 Å². The average Bonchev–Trinajstić information content (AvgIpc) is 3.00. The van der Waals surface area contributed by atoms with Crippen LogP contribution in [-0.2, 0) is 4.74 Å². The van der Waals surface area contributed by atoms with E-state index in [1.165, 1.54) is 12.1 Å². The molecule has 0 radical (unpaired) electrons. The van der Waals surface area contributed by atoms with Gasteiger partial charge < -0.3 is 9.47 Å². The molecule has 0 unspecified atom stereocenters. The number of rotatable bonds is 3. The zero-order valence-electron chi connectivity index (χ0n) is 13.2. The van der Waals surface area contributed by atoms with Crippen molar-refractivity contribution < 1.29 is 27.4 Å². The molecule has 134 valence electrons. The summed E-state index contributed by atoms with van der Waals surface area (Å²) in [6, 6.07) is 4.05. The number of esters is 1. The Balaban J connectivity index is 1.57. The van der Waals surface area contributed by atoms with Crippen molar-refractivity contribution in [2.24, 2.45) is 5.92 Å². The molecule has 6 nitrogen and oxygen atoms in total. The van der Waals surface area contributed by atoms with Gasteiger partial charge in [-0.05, 0) is 37.9 Å². The van der Waals surface area contributed by atoms with E-state index in [-0.39, 0.29) is 22.7 Å². The number of fused-ring (bicyclic) bond motifs is 4. The van der Waals surface area contributed by atoms with Crippen LogP contribution in [0, 0.1) is 5.92 Å². The molecule has 2 aromatic rings. The van der Waals surface area contributed by atoms with Gasteiger partial charge in [-0.1, -0.05) is 12.1 Å². The number of halogens is 3. The smallest absolute Gasteiger partial charge is 0.456 e. The molecule has 3 saturated heterocycles. The minimum Gasteiger partial charge on any atom is -0.456 e. The standard InChI is InChI=1S/C16H16F3N3O3/c17-16(18,19)25-11-3-1-2-10-13(11)20-21-14(10)15(23)24-12-8-22-6-4-9(12)5-7-22/h1-3,9,12H,4-8H2,(H,20,21)/t12-/m0/s1. The Morgan fingerprint density at radius 1 is 1.28 bits per heavy atom. The van der Waals surface area contributed by atoms with Crippen molar-refractivity contribution >= 4 is 16.9 Å². The number of H-pyrrole nitrogens is 1. The molecule has 5 rings (SSSR count). The Hall–Kier alpha value is -2.29. The van der Waals surface area contributed by atoms with Crippen LogP contribution in [0.4, 0.5) is 13.2 Å². The second-order valence-electron chi connectivity index (χ2n) is 6.38. The first-order valence-corrected chi connectivity index (χ1v) is 8.07. The third kappa shape index (κ3) is 3.15. The van der Waals surface area contributed by atoms with E-state index in [4.69, 9.17) is 4.74 Å². The number of nitrogens with one attached hydrogen (secondary N) is 1. The highest BCUT2D eigenvalue weighted by atomic mass is 19.4. The number of carbonyl (C=O) groups excluding carboxylic acids is 1. The van der Waals surface area contributed by atoms with Crippen LogP contribution >= 0.6 is 0 Å². The third-order valence-electron chi connectivity index (χ3n) is 4.83. The van der Waals surface area contributed by atoms with Gasteiger partial charge in [-0.15, -0.1) is 13.2 Å². The number of aromatic amines is 1. The molecule has 9 heteroatoms. The number of alkyl halides is 3. The van der Waals surface area contributed by atoms with Gasteiger partial charge in [-0.2, -0.15) is 5.10 Å². The van der Waals surface area contributed by atoms with E-state index in [9.17, 15) is 18.0 Å². The predicted molar refractivity (Wildman–Crippen MR) is 81.1 cm³/mol. The van der Waals surface area contributed by atoms with Gasteiger partial charge in [0.25, 0.3) is 0 Å². The first-order valence-electron chi connectivity index (χ1n) is 8.07. The summed E-state index contributed by atoms with van der Waals surface area (Å²) in [5, 5.41) is 6.54. The van der Waals surface area contributed by atoms with E-state index < -0.39 is 18.1 Å². The number of benzene rings is 1. The summed E-state index contributed by atoms with van der Waals surface area (Å²) < 4.78 is 47.0. The molecule has 1 aromatic heterocycles. The Labute approximate surface area is 140 Å². The van der Waals surface area contributed by atoms with Crippen LogP contribution in [0.25, 0.3) is 10.9 Å². The van der Waals surface area contributed by atoms with Crippen molar-refractivity contribution in [1.82, 2.24) is 15.1 Å². The Morgan fingerprint density at radius 3 is 2.68 bits per heavy atom. The fourth-order valence-electron chi connectivity index (χ4n) is 3.62. The van der Waals surface area contributed by atoms with Crippen LogP contribution in [0.3, 0.4) is 0 Å². The molecular weight excluding hydrogens is 339 g/mol. The topological polar surface area (TPSA) is 67.5 Å². The number of carbonyl (C=O) groups is 1. The second-order valence-corrected chi connectivity index (χ2v) is 6.38. The molecule has 2 bridgehead atoms. The highest BCUT2D eigenvalue weighted by molar-refractivity contribution is 6.03. The Kier molecular flexibility index (Phi) is 3.82. The Bertz CT molecular complexity index is 797. The fourth-order valence-corrected chi connectivity index (χ4v) is 3.62. The quantitative estimate of drug-likeness (QED) is 0.858. The highest BCUT2D eigenvalue weighted by Gasteiger charge is 2.37. The van der Waals surface area contributed by atoms with E-state index in [2.05, 4.69) is 19.8 Å². The fraction of sp³-hybridized carbons (Fsp3) is 0.500. The highest BCUT2D eigenvalue weighted by Crippen LogP contribution is 2.33. The van der Waals surface area contributed by atoms with Crippen molar-refractivity contribution in [2.75, 3.05) is 19.6 Å². The van der Waals surface area contributed by atoms with Crippen LogP contribution in [0.5, 0.6) is 5.75 Å². The van der Waals surface area contributed by atoms with Crippen LogP contribution in [0.2, 0.25) is 0 Å². The summed E-state index contributed by atoms with van der Waals surface area (Å²) in [7, 11) is 0. The molecule has 1 aromatic carbocycles. The Morgan fingerprint density at radius 2 is 2.04 bits per heavy atom. The SMILES string of the molecule is O=C(O[C@H]1CN2CCC1CC2)c1n[nH]c2c(OC(F)(F)F)cccc12. The van der Waals surface area contributed by atoms with Crippen molar-refractivity contribution in [3.05, 3.63) is 23.9 Å². The molecule has 3 aliphatic rings. The molecule has 4 heterocycles. The van der Waals surface area contributed by atoms with E-state index in [0.717, 1.165) is 32.0 Å². The van der Waals surface area contributed by atoms with Crippen molar-refractivity contribution in [3.8, 4) is 5.75 Å². The lowest BCUT2D eigenvalue weighted by Crippen LogP contribution is -2.51. The maximum Gasteiger partial charge on any atom is 0.573 e. The number of piperidine rings is 3. The molecule has 0 amide bonds. The number of nitrogens with zero attached hydrogens (tertiary/aromatic N) is 2. The summed E-state index contributed by atoms with van der Waals surface area (Å²) in [4.78, 5) is 14.7. The molecule has 1 atom stereocenters. The van der Waals surface area contributed by atoms with Gasteiger partial charge in [-0.3, -0.25) is 10.00 Å². The summed E-state index contributed by atoms with van der Waals surface area (Å²) in [5.74, 6) is -0.725. The van der Waals surface area contributed by atoms with Crippen LogP contribution in [0.15, 0.2) is 18.2 Å². The minimum absolute atomic E-state index is 0.0145. The predicted octanol–water partition coefficient (Wildman–Crippen LogP) is 2.71. The van der Waals surface area contributed by atoms with Gasteiger partial charge >= 0.3 is 12.3 Å². The molecule has 25 heavy (non-hydrogen) atoms. The first-order chi connectivity index (χ1) is 11.9. The van der Waals surface area contributed by atoms with Gasteiger partial charge in [0.2, 0.25) is 0 Å². The van der Waals surface area contributed by atoms with Gasteiger partial charge in [-0.25, -0.2) is 4.79 Å². The normalized spacial score (nSPS) is 26.0. The minimum atomic E-state index is -4.82. The van der Waals surface area contributed by atoms with Crippen molar-refractivity contribution in [2.45, 2.75) is 25.3 Å². The monoisotopic (exact) mass is 355 g/mol. The zero-order valence-corrected chi connectivity index (χ0v) is 13.2. The number of ether oxygens (including phenoxy) is 2. The molecule has 0 aliphatic carbocycles. The second kappa shape index (κ2) is 5.91. The van der Waals surface area contributed by atoms with Crippen molar-refractivity contribution in [3.63, 3.8) is 0 Å². The molecule has 0 saturated carbocycles. The van der Waals surface area contributed by atoms with Gasteiger partial charge in [0.1, 0.15) is 11.6 Å².